The van der Waals surface area contributed by atoms with Crippen molar-refractivity contribution >= 4 is 43.5 Å². The summed E-state index contributed by atoms with van der Waals surface area (Å²) in [6.07, 6.45) is -2.33. The molecule has 1 N–H and O–H groups in total. The standard InChI is InChI=1S/C15H7Br2F3N2O/c16-11-4-8(5-12(17)14(11)23)3-9(6-21)13-2-1-10(7-22-13)15(18,19)20/h1-5,7,23H/b9-3-. The van der Waals surface area contributed by atoms with E-state index in [4.69, 9.17) is 0 Å². The Morgan fingerprint density at radius 3 is 2.26 bits per heavy atom. The molecule has 0 aliphatic rings. The van der Waals surface area contributed by atoms with Crippen molar-refractivity contribution in [3.8, 4) is 11.8 Å². The monoisotopic (exact) mass is 446 g/mol. The van der Waals surface area contributed by atoms with Gasteiger partial charge >= 0.3 is 6.18 Å². The first-order chi connectivity index (χ1) is 10.7. The molecule has 118 valence electrons. The zero-order chi connectivity index (χ0) is 17.2. The minimum atomic E-state index is -4.48. The minimum absolute atomic E-state index is 0.00770. The molecule has 0 radical (unpaired) electrons. The molecule has 1 aromatic heterocycles. The normalized spacial score (nSPS) is 12.1. The number of alkyl halides is 3. The van der Waals surface area contributed by atoms with Gasteiger partial charge in [-0.25, -0.2) is 0 Å². The Morgan fingerprint density at radius 1 is 1.22 bits per heavy atom. The summed E-state index contributed by atoms with van der Waals surface area (Å²) in [6.45, 7) is 0. The van der Waals surface area contributed by atoms with Gasteiger partial charge in [-0.3, -0.25) is 4.98 Å². The van der Waals surface area contributed by atoms with E-state index in [-0.39, 0.29) is 17.0 Å². The summed E-state index contributed by atoms with van der Waals surface area (Å²) in [7, 11) is 0. The molecule has 0 fully saturated rings. The molecule has 0 amide bonds. The molecule has 23 heavy (non-hydrogen) atoms. The fourth-order valence-corrected chi connectivity index (χ4v) is 2.94. The van der Waals surface area contributed by atoms with Crippen LogP contribution < -0.4 is 0 Å². The predicted octanol–water partition coefficient (Wildman–Crippen LogP) is 5.40. The van der Waals surface area contributed by atoms with Crippen LogP contribution in [0.4, 0.5) is 13.2 Å². The summed E-state index contributed by atoms with van der Waals surface area (Å²) >= 11 is 6.33. The van der Waals surface area contributed by atoms with Gasteiger partial charge in [0.05, 0.1) is 25.8 Å². The summed E-state index contributed by atoms with van der Waals surface area (Å²) in [5, 5.41) is 18.9. The van der Waals surface area contributed by atoms with Crippen LogP contribution in [0, 0.1) is 11.3 Å². The zero-order valence-electron chi connectivity index (χ0n) is 11.2. The molecule has 0 saturated heterocycles. The van der Waals surface area contributed by atoms with Gasteiger partial charge < -0.3 is 5.11 Å². The van der Waals surface area contributed by atoms with Crippen LogP contribution in [0.15, 0.2) is 39.4 Å². The van der Waals surface area contributed by atoms with E-state index >= 15 is 0 Å². The van der Waals surface area contributed by atoms with Crippen molar-refractivity contribution < 1.29 is 18.3 Å². The summed E-state index contributed by atoms with van der Waals surface area (Å²) < 4.78 is 38.4. The average molecular weight is 448 g/mol. The first-order valence-electron chi connectivity index (χ1n) is 6.06. The van der Waals surface area contributed by atoms with E-state index in [0.717, 1.165) is 12.1 Å². The van der Waals surface area contributed by atoms with E-state index in [0.29, 0.717) is 20.7 Å². The molecule has 0 atom stereocenters. The van der Waals surface area contributed by atoms with Crippen molar-refractivity contribution in [2.24, 2.45) is 0 Å². The highest BCUT2D eigenvalue weighted by atomic mass is 79.9. The minimum Gasteiger partial charge on any atom is -0.506 e. The SMILES string of the molecule is N#C/C(=C/c1cc(Br)c(O)c(Br)c1)c1ccc(C(F)(F)F)cn1. The summed E-state index contributed by atoms with van der Waals surface area (Å²) in [6, 6.07) is 7.06. The molecule has 1 heterocycles. The van der Waals surface area contributed by atoms with Crippen LogP contribution in [0.5, 0.6) is 5.75 Å². The molecule has 0 spiro atoms. The van der Waals surface area contributed by atoms with E-state index in [1.807, 2.05) is 6.07 Å². The number of phenolic OH excluding ortho intramolecular Hbond substituents is 1. The van der Waals surface area contributed by atoms with E-state index in [2.05, 4.69) is 36.8 Å². The highest BCUT2D eigenvalue weighted by Crippen LogP contribution is 2.34. The Bertz CT molecular complexity index is 786. The van der Waals surface area contributed by atoms with Crippen LogP contribution >= 0.6 is 31.9 Å². The van der Waals surface area contributed by atoms with Crippen LogP contribution in [0.2, 0.25) is 0 Å². The van der Waals surface area contributed by atoms with E-state index in [1.165, 1.54) is 6.08 Å². The largest absolute Gasteiger partial charge is 0.506 e. The van der Waals surface area contributed by atoms with Crippen molar-refractivity contribution in [2.75, 3.05) is 0 Å². The van der Waals surface area contributed by atoms with Crippen LogP contribution in [0.1, 0.15) is 16.8 Å². The van der Waals surface area contributed by atoms with Crippen LogP contribution in [0.25, 0.3) is 11.6 Å². The summed E-state index contributed by atoms with van der Waals surface area (Å²) in [5.41, 5.74) is -0.0857. The number of rotatable bonds is 2. The predicted molar refractivity (Wildman–Crippen MR) is 86.2 cm³/mol. The van der Waals surface area contributed by atoms with Gasteiger partial charge in [-0.05, 0) is 67.8 Å². The first kappa shape index (κ1) is 17.5. The molecule has 1 aromatic carbocycles. The third-order valence-electron chi connectivity index (χ3n) is 2.84. The third kappa shape index (κ3) is 4.12. The van der Waals surface area contributed by atoms with Crippen LogP contribution in [-0.2, 0) is 6.18 Å². The highest BCUT2D eigenvalue weighted by Gasteiger charge is 2.30. The number of benzene rings is 1. The number of phenols is 1. The molecule has 0 aliphatic carbocycles. The molecule has 3 nitrogen and oxygen atoms in total. The molecule has 0 bridgehead atoms. The van der Waals surface area contributed by atoms with Gasteiger partial charge in [-0.1, -0.05) is 0 Å². The molecule has 8 heteroatoms. The smallest absolute Gasteiger partial charge is 0.417 e. The number of pyridine rings is 1. The number of aromatic nitrogens is 1. The van der Waals surface area contributed by atoms with E-state index < -0.39 is 11.7 Å². The highest BCUT2D eigenvalue weighted by molar-refractivity contribution is 9.11. The van der Waals surface area contributed by atoms with Gasteiger partial charge in [0, 0.05) is 6.20 Å². The Morgan fingerprint density at radius 2 is 1.83 bits per heavy atom. The average Bonchev–Trinajstić information content (AvgIpc) is 2.49. The van der Waals surface area contributed by atoms with Gasteiger partial charge in [-0.2, -0.15) is 18.4 Å². The van der Waals surface area contributed by atoms with Crippen LogP contribution in [0.3, 0.4) is 0 Å². The Hall–Kier alpha value is -1.85. The molecule has 0 aliphatic heterocycles. The Kier molecular flexibility index (Phi) is 5.12. The van der Waals surface area contributed by atoms with Gasteiger partial charge in [0.25, 0.3) is 0 Å². The lowest BCUT2D eigenvalue weighted by Crippen LogP contribution is -2.05. The lowest BCUT2D eigenvalue weighted by molar-refractivity contribution is -0.137. The number of hydrogen-bond donors (Lipinski definition) is 1. The van der Waals surface area contributed by atoms with Gasteiger partial charge in [-0.15, -0.1) is 0 Å². The van der Waals surface area contributed by atoms with Crippen molar-refractivity contribution in [1.82, 2.24) is 4.98 Å². The quantitative estimate of drug-likeness (QED) is 0.627. The topological polar surface area (TPSA) is 56.9 Å². The maximum atomic E-state index is 12.5. The molecular weight excluding hydrogens is 441 g/mol. The fraction of sp³-hybridized carbons (Fsp3) is 0.0667. The first-order valence-corrected chi connectivity index (χ1v) is 7.64. The van der Waals surface area contributed by atoms with Crippen molar-refractivity contribution in [3.63, 3.8) is 0 Å². The van der Waals surface area contributed by atoms with Crippen LogP contribution in [-0.4, -0.2) is 10.1 Å². The lowest BCUT2D eigenvalue weighted by Gasteiger charge is -2.07. The summed E-state index contributed by atoms with van der Waals surface area (Å²) in [5.74, 6) is 0.00770. The molecule has 0 unspecified atom stereocenters. The van der Waals surface area contributed by atoms with Crippen molar-refractivity contribution in [3.05, 3.63) is 56.2 Å². The Labute approximate surface area is 146 Å². The number of halogens is 5. The van der Waals surface area contributed by atoms with E-state index in [9.17, 15) is 23.5 Å². The zero-order valence-corrected chi connectivity index (χ0v) is 14.4. The second kappa shape index (κ2) is 6.72. The Balaban J connectivity index is 2.42. The number of hydrogen-bond acceptors (Lipinski definition) is 3. The van der Waals surface area contributed by atoms with Gasteiger partial charge in [0.1, 0.15) is 11.8 Å². The number of allylic oxidation sites excluding steroid dienone is 1. The fourth-order valence-electron chi connectivity index (χ4n) is 1.72. The van der Waals surface area contributed by atoms with E-state index in [1.54, 1.807) is 12.1 Å². The molecule has 0 saturated carbocycles. The van der Waals surface area contributed by atoms with Gasteiger partial charge in [0.2, 0.25) is 0 Å². The maximum absolute atomic E-state index is 12.5. The molecule has 2 rings (SSSR count). The summed E-state index contributed by atoms with van der Waals surface area (Å²) in [4.78, 5) is 3.69. The third-order valence-corrected chi connectivity index (χ3v) is 4.05. The second-order valence-electron chi connectivity index (χ2n) is 4.43. The number of nitriles is 1. The maximum Gasteiger partial charge on any atom is 0.417 e. The van der Waals surface area contributed by atoms with Crippen molar-refractivity contribution in [1.29, 1.82) is 5.26 Å². The number of aromatic hydroxyl groups is 1. The van der Waals surface area contributed by atoms with Crippen molar-refractivity contribution in [2.45, 2.75) is 6.18 Å². The molecule has 2 aromatic rings. The molecular formula is C15H7Br2F3N2O. The van der Waals surface area contributed by atoms with Gasteiger partial charge in [0.15, 0.2) is 0 Å². The second-order valence-corrected chi connectivity index (χ2v) is 6.14. The lowest BCUT2D eigenvalue weighted by atomic mass is 10.1. The number of nitrogens with zero attached hydrogens (tertiary/aromatic N) is 2.